The predicted molar refractivity (Wildman–Crippen MR) is 84.5 cm³/mol. The standard InChI is InChI=1S/C17H20N2O4/c1-20-14-6-4-5-12-7-11(10-23-16(12)14)8-13-9-15(21-2)19-17(18-13)22-3/h4-6,9,11H,7-8,10H2,1-3H3. The zero-order valence-corrected chi connectivity index (χ0v) is 13.5. The van der Waals surface area contributed by atoms with E-state index in [0.717, 1.165) is 35.6 Å². The number of fused-ring (bicyclic) bond motifs is 1. The van der Waals surface area contributed by atoms with E-state index in [1.165, 1.54) is 0 Å². The first-order valence-corrected chi connectivity index (χ1v) is 7.48. The Hall–Kier alpha value is -2.50. The van der Waals surface area contributed by atoms with E-state index in [1.54, 1.807) is 21.3 Å². The molecule has 1 unspecified atom stereocenters. The maximum Gasteiger partial charge on any atom is 0.319 e. The summed E-state index contributed by atoms with van der Waals surface area (Å²) in [6, 6.07) is 8.13. The van der Waals surface area contributed by atoms with Crippen LogP contribution in [0.4, 0.5) is 0 Å². The first kappa shape index (κ1) is 15.4. The first-order valence-electron chi connectivity index (χ1n) is 7.48. The zero-order valence-electron chi connectivity index (χ0n) is 13.5. The van der Waals surface area contributed by atoms with Gasteiger partial charge in [0, 0.05) is 12.0 Å². The molecule has 0 aliphatic carbocycles. The summed E-state index contributed by atoms with van der Waals surface area (Å²) in [6.45, 7) is 0.627. The number of hydrogen-bond donors (Lipinski definition) is 0. The molecule has 1 aromatic carbocycles. The fourth-order valence-electron chi connectivity index (χ4n) is 2.79. The Labute approximate surface area is 135 Å². The van der Waals surface area contributed by atoms with Gasteiger partial charge in [-0.2, -0.15) is 4.98 Å². The van der Waals surface area contributed by atoms with Gasteiger partial charge < -0.3 is 18.9 Å². The molecule has 0 radical (unpaired) electrons. The maximum absolute atomic E-state index is 5.91. The molecule has 0 N–H and O–H groups in total. The summed E-state index contributed by atoms with van der Waals surface area (Å²) in [4.78, 5) is 8.51. The minimum absolute atomic E-state index is 0.318. The van der Waals surface area contributed by atoms with Crippen LogP contribution < -0.4 is 18.9 Å². The van der Waals surface area contributed by atoms with E-state index in [4.69, 9.17) is 18.9 Å². The van der Waals surface area contributed by atoms with Crippen molar-refractivity contribution in [3.8, 4) is 23.4 Å². The van der Waals surface area contributed by atoms with Crippen LogP contribution in [0.25, 0.3) is 0 Å². The summed E-state index contributed by atoms with van der Waals surface area (Å²) in [5.41, 5.74) is 2.04. The number of para-hydroxylation sites is 1. The lowest BCUT2D eigenvalue weighted by molar-refractivity contribution is 0.210. The summed E-state index contributed by atoms with van der Waals surface area (Å²) in [5, 5.41) is 0. The molecule has 0 fully saturated rings. The first-order chi connectivity index (χ1) is 11.2. The fraction of sp³-hybridized carbons (Fsp3) is 0.412. The van der Waals surface area contributed by atoms with Crippen LogP contribution in [0.1, 0.15) is 11.3 Å². The Morgan fingerprint density at radius 1 is 1.13 bits per heavy atom. The average Bonchev–Trinajstić information content (AvgIpc) is 2.60. The third-order valence-corrected chi connectivity index (χ3v) is 3.88. The number of aromatic nitrogens is 2. The molecule has 1 atom stereocenters. The van der Waals surface area contributed by atoms with Crippen molar-refractivity contribution in [2.75, 3.05) is 27.9 Å². The SMILES string of the molecule is COc1cc(CC2COc3c(cccc3OC)C2)nc(OC)n1. The van der Waals surface area contributed by atoms with E-state index in [2.05, 4.69) is 16.0 Å². The van der Waals surface area contributed by atoms with Crippen molar-refractivity contribution in [1.29, 1.82) is 0 Å². The van der Waals surface area contributed by atoms with Gasteiger partial charge in [-0.15, -0.1) is 0 Å². The minimum atomic E-state index is 0.318. The summed E-state index contributed by atoms with van der Waals surface area (Å²) < 4.78 is 21.6. The number of rotatable bonds is 5. The Bertz CT molecular complexity index is 668. The van der Waals surface area contributed by atoms with Gasteiger partial charge in [-0.1, -0.05) is 12.1 Å². The molecular weight excluding hydrogens is 296 g/mol. The zero-order chi connectivity index (χ0) is 16.2. The van der Waals surface area contributed by atoms with Crippen LogP contribution in [0.2, 0.25) is 0 Å². The Balaban J connectivity index is 1.77. The molecular formula is C17H20N2O4. The highest BCUT2D eigenvalue weighted by Gasteiger charge is 2.23. The van der Waals surface area contributed by atoms with E-state index in [0.29, 0.717) is 24.4 Å². The summed E-state index contributed by atoms with van der Waals surface area (Å²) in [7, 11) is 4.78. The van der Waals surface area contributed by atoms with Gasteiger partial charge in [0.15, 0.2) is 11.5 Å². The van der Waals surface area contributed by atoms with Crippen LogP contribution in [0.5, 0.6) is 23.4 Å². The Morgan fingerprint density at radius 2 is 2.00 bits per heavy atom. The largest absolute Gasteiger partial charge is 0.493 e. The summed E-state index contributed by atoms with van der Waals surface area (Å²) >= 11 is 0. The molecule has 0 saturated heterocycles. The monoisotopic (exact) mass is 316 g/mol. The lowest BCUT2D eigenvalue weighted by Gasteiger charge is -2.26. The fourth-order valence-corrected chi connectivity index (χ4v) is 2.79. The second kappa shape index (κ2) is 6.73. The number of ether oxygens (including phenoxy) is 4. The van der Waals surface area contributed by atoms with Gasteiger partial charge in [0.2, 0.25) is 5.88 Å². The van der Waals surface area contributed by atoms with Crippen molar-refractivity contribution in [2.45, 2.75) is 12.8 Å². The van der Waals surface area contributed by atoms with Crippen LogP contribution in [-0.2, 0) is 12.8 Å². The smallest absolute Gasteiger partial charge is 0.319 e. The van der Waals surface area contributed by atoms with E-state index >= 15 is 0 Å². The van der Waals surface area contributed by atoms with Crippen molar-refractivity contribution in [2.24, 2.45) is 5.92 Å². The normalized spacial score (nSPS) is 16.2. The molecule has 1 aliphatic rings. The van der Waals surface area contributed by atoms with Crippen LogP contribution >= 0.6 is 0 Å². The summed E-state index contributed by atoms with van der Waals surface area (Å²) in [6.07, 6.45) is 1.69. The highest BCUT2D eigenvalue weighted by Crippen LogP contribution is 2.36. The molecule has 0 bridgehead atoms. The van der Waals surface area contributed by atoms with E-state index in [-0.39, 0.29) is 0 Å². The van der Waals surface area contributed by atoms with E-state index in [1.807, 2.05) is 18.2 Å². The van der Waals surface area contributed by atoms with Gasteiger partial charge in [0.1, 0.15) is 0 Å². The van der Waals surface area contributed by atoms with Crippen LogP contribution in [0, 0.1) is 5.92 Å². The van der Waals surface area contributed by atoms with Crippen molar-refractivity contribution in [3.05, 3.63) is 35.5 Å². The molecule has 1 aliphatic heterocycles. The average molecular weight is 316 g/mol. The van der Waals surface area contributed by atoms with E-state index < -0.39 is 0 Å². The molecule has 2 heterocycles. The van der Waals surface area contributed by atoms with E-state index in [9.17, 15) is 0 Å². The molecule has 0 saturated carbocycles. The number of hydrogen-bond acceptors (Lipinski definition) is 6. The van der Waals surface area contributed by atoms with Crippen LogP contribution in [0.3, 0.4) is 0 Å². The number of methoxy groups -OCH3 is 3. The lowest BCUT2D eigenvalue weighted by atomic mass is 9.92. The van der Waals surface area contributed by atoms with Gasteiger partial charge in [0.25, 0.3) is 0 Å². The molecule has 3 rings (SSSR count). The van der Waals surface area contributed by atoms with Gasteiger partial charge in [-0.3, -0.25) is 0 Å². The highest BCUT2D eigenvalue weighted by atomic mass is 16.5. The molecule has 122 valence electrons. The second-order valence-corrected chi connectivity index (χ2v) is 5.42. The van der Waals surface area contributed by atoms with Crippen molar-refractivity contribution >= 4 is 0 Å². The van der Waals surface area contributed by atoms with Gasteiger partial charge in [-0.25, -0.2) is 4.98 Å². The maximum atomic E-state index is 5.91. The predicted octanol–water partition coefficient (Wildman–Crippen LogP) is 2.30. The third-order valence-electron chi connectivity index (χ3n) is 3.88. The molecule has 1 aromatic heterocycles. The number of nitrogens with zero attached hydrogens (tertiary/aromatic N) is 2. The van der Waals surface area contributed by atoms with Crippen LogP contribution in [0.15, 0.2) is 24.3 Å². The molecule has 6 nitrogen and oxygen atoms in total. The Morgan fingerprint density at radius 3 is 2.74 bits per heavy atom. The molecule has 0 spiro atoms. The quantitative estimate of drug-likeness (QED) is 0.843. The van der Waals surface area contributed by atoms with Gasteiger partial charge in [0.05, 0.1) is 33.6 Å². The summed E-state index contributed by atoms with van der Waals surface area (Å²) in [5.74, 6) is 2.47. The number of benzene rings is 1. The molecule has 23 heavy (non-hydrogen) atoms. The molecule has 0 amide bonds. The van der Waals surface area contributed by atoms with Gasteiger partial charge in [-0.05, 0) is 24.5 Å². The minimum Gasteiger partial charge on any atom is -0.493 e. The van der Waals surface area contributed by atoms with Crippen LogP contribution in [-0.4, -0.2) is 37.9 Å². The highest BCUT2D eigenvalue weighted by molar-refractivity contribution is 5.47. The van der Waals surface area contributed by atoms with Crippen molar-refractivity contribution in [1.82, 2.24) is 9.97 Å². The third kappa shape index (κ3) is 3.31. The Kier molecular flexibility index (Phi) is 4.50. The van der Waals surface area contributed by atoms with Crippen molar-refractivity contribution < 1.29 is 18.9 Å². The van der Waals surface area contributed by atoms with Crippen molar-refractivity contribution in [3.63, 3.8) is 0 Å². The topological polar surface area (TPSA) is 62.7 Å². The second-order valence-electron chi connectivity index (χ2n) is 5.42. The molecule has 2 aromatic rings. The van der Waals surface area contributed by atoms with Gasteiger partial charge >= 0.3 is 6.01 Å². The molecule has 6 heteroatoms. The lowest BCUT2D eigenvalue weighted by Crippen LogP contribution is -2.23.